The number of rotatable bonds is 4. The molecule has 2 aromatic rings. The van der Waals surface area contributed by atoms with Crippen LogP contribution in [0.25, 0.3) is 0 Å². The molecule has 3 rings (SSSR count). The molecule has 3 nitrogen and oxygen atoms in total. The molecule has 1 aliphatic rings. The van der Waals surface area contributed by atoms with E-state index in [1.54, 1.807) is 6.07 Å². The Morgan fingerprint density at radius 3 is 2.76 bits per heavy atom. The molecule has 5 heteroatoms. The SMILES string of the molecule is O=C(Cc1ccn(C2CCCC2)n1)c1cc(F)ccc1F. The summed E-state index contributed by atoms with van der Waals surface area (Å²) >= 11 is 0. The lowest BCUT2D eigenvalue weighted by atomic mass is 10.1. The van der Waals surface area contributed by atoms with Crippen molar-refractivity contribution in [1.29, 1.82) is 0 Å². The van der Waals surface area contributed by atoms with Gasteiger partial charge in [-0.05, 0) is 37.1 Å². The largest absolute Gasteiger partial charge is 0.294 e. The molecule has 110 valence electrons. The zero-order valence-electron chi connectivity index (χ0n) is 11.6. The first-order chi connectivity index (χ1) is 10.1. The summed E-state index contributed by atoms with van der Waals surface area (Å²) in [6, 6.07) is 5.08. The van der Waals surface area contributed by atoms with Crippen molar-refractivity contribution in [2.75, 3.05) is 0 Å². The second-order valence-corrected chi connectivity index (χ2v) is 5.45. The number of hydrogen-bond donors (Lipinski definition) is 0. The second-order valence-electron chi connectivity index (χ2n) is 5.45. The molecule has 1 aromatic carbocycles. The molecule has 1 heterocycles. The van der Waals surface area contributed by atoms with Gasteiger partial charge in [0.05, 0.1) is 23.7 Å². The quantitative estimate of drug-likeness (QED) is 0.805. The Morgan fingerprint density at radius 2 is 2.00 bits per heavy atom. The summed E-state index contributed by atoms with van der Waals surface area (Å²) in [5.74, 6) is -1.77. The molecule has 0 spiro atoms. The molecule has 1 aliphatic carbocycles. The van der Waals surface area contributed by atoms with Crippen molar-refractivity contribution in [2.45, 2.75) is 38.1 Å². The molecule has 1 saturated carbocycles. The van der Waals surface area contributed by atoms with Crippen molar-refractivity contribution in [3.05, 3.63) is 53.4 Å². The molecule has 0 N–H and O–H groups in total. The van der Waals surface area contributed by atoms with Crippen LogP contribution in [0.3, 0.4) is 0 Å². The fourth-order valence-electron chi connectivity index (χ4n) is 2.81. The van der Waals surface area contributed by atoms with Crippen molar-refractivity contribution in [1.82, 2.24) is 9.78 Å². The zero-order chi connectivity index (χ0) is 14.8. The first-order valence-electron chi connectivity index (χ1n) is 7.16. The summed E-state index contributed by atoms with van der Waals surface area (Å²) in [5, 5.41) is 4.39. The number of halogens is 2. The van der Waals surface area contributed by atoms with Gasteiger partial charge in [0.15, 0.2) is 5.78 Å². The first-order valence-corrected chi connectivity index (χ1v) is 7.16. The van der Waals surface area contributed by atoms with E-state index < -0.39 is 17.4 Å². The molecule has 0 aliphatic heterocycles. The van der Waals surface area contributed by atoms with Crippen molar-refractivity contribution in [3.8, 4) is 0 Å². The van der Waals surface area contributed by atoms with Gasteiger partial charge in [-0.15, -0.1) is 0 Å². The standard InChI is InChI=1S/C16H16F2N2O/c17-11-5-6-15(18)14(9-11)16(21)10-12-7-8-20(19-12)13-3-1-2-4-13/h5-9,13H,1-4,10H2. The van der Waals surface area contributed by atoms with Crippen molar-refractivity contribution >= 4 is 5.78 Å². The normalized spacial score (nSPS) is 15.5. The van der Waals surface area contributed by atoms with Crippen LogP contribution in [0.1, 0.15) is 47.8 Å². The van der Waals surface area contributed by atoms with Gasteiger partial charge in [-0.3, -0.25) is 9.48 Å². The van der Waals surface area contributed by atoms with Gasteiger partial charge in [0.1, 0.15) is 11.6 Å². The van der Waals surface area contributed by atoms with E-state index in [0.29, 0.717) is 11.7 Å². The van der Waals surface area contributed by atoms with Crippen molar-refractivity contribution in [3.63, 3.8) is 0 Å². The molecular formula is C16H16F2N2O. The van der Waals surface area contributed by atoms with Gasteiger partial charge in [0.25, 0.3) is 0 Å². The summed E-state index contributed by atoms with van der Waals surface area (Å²) in [4.78, 5) is 12.1. The van der Waals surface area contributed by atoms with Gasteiger partial charge in [-0.25, -0.2) is 8.78 Å². The predicted octanol–water partition coefficient (Wildman–Crippen LogP) is 3.70. The monoisotopic (exact) mass is 290 g/mol. The molecule has 0 unspecified atom stereocenters. The highest BCUT2D eigenvalue weighted by Crippen LogP contribution is 2.28. The maximum Gasteiger partial charge on any atom is 0.171 e. The van der Waals surface area contributed by atoms with E-state index in [1.165, 1.54) is 12.8 Å². The Morgan fingerprint density at radius 1 is 1.24 bits per heavy atom. The minimum absolute atomic E-state index is 0.0138. The second kappa shape index (κ2) is 5.76. The van der Waals surface area contributed by atoms with Gasteiger partial charge in [-0.2, -0.15) is 5.10 Å². The lowest BCUT2D eigenvalue weighted by Crippen LogP contribution is -2.09. The van der Waals surface area contributed by atoms with E-state index in [0.717, 1.165) is 31.0 Å². The smallest absolute Gasteiger partial charge is 0.171 e. The van der Waals surface area contributed by atoms with Crippen LogP contribution in [-0.4, -0.2) is 15.6 Å². The minimum atomic E-state index is -0.698. The van der Waals surface area contributed by atoms with Crippen LogP contribution >= 0.6 is 0 Å². The summed E-state index contributed by atoms with van der Waals surface area (Å²) in [6.07, 6.45) is 6.46. The van der Waals surface area contributed by atoms with Gasteiger partial charge < -0.3 is 0 Å². The summed E-state index contributed by atoms with van der Waals surface area (Å²) in [5.41, 5.74) is 0.376. The molecular weight excluding hydrogens is 274 g/mol. The highest BCUT2D eigenvalue weighted by molar-refractivity contribution is 5.97. The molecule has 0 radical (unpaired) electrons. The molecule has 0 bridgehead atoms. The van der Waals surface area contributed by atoms with E-state index in [1.807, 2.05) is 10.9 Å². The van der Waals surface area contributed by atoms with E-state index in [2.05, 4.69) is 5.10 Å². The van der Waals surface area contributed by atoms with Crippen LogP contribution < -0.4 is 0 Å². The fourth-order valence-corrected chi connectivity index (χ4v) is 2.81. The highest BCUT2D eigenvalue weighted by atomic mass is 19.1. The van der Waals surface area contributed by atoms with E-state index in [9.17, 15) is 13.6 Å². The van der Waals surface area contributed by atoms with Gasteiger partial charge in [0, 0.05) is 6.20 Å². The van der Waals surface area contributed by atoms with Crippen LogP contribution in [0, 0.1) is 11.6 Å². The number of carbonyl (C=O) groups excluding carboxylic acids is 1. The first kappa shape index (κ1) is 13.9. The van der Waals surface area contributed by atoms with Crippen LogP contribution in [0.4, 0.5) is 8.78 Å². The molecule has 0 amide bonds. The minimum Gasteiger partial charge on any atom is -0.294 e. The molecule has 1 aromatic heterocycles. The summed E-state index contributed by atoms with van der Waals surface area (Å²) in [7, 11) is 0. The van der Waals surface area contributed by atoms with Crippen molar-refractivity contribution in [2.24, 2.45) is 0 Å². The average Bonchev–Trinajstić information content (AvgIpc) is 3.11. The molecule has 0 saturated heterocycles. The molecule has 1 fully saturated rings. The lowest BCUT2D eigenvalue weighted by Gasteiger charge is -2.08. The zero-order valence-corrected chi connectivity index (χ0v) is 11.6. The predicted molar refractivity (Wildman–Crippen MR) is 74.1 cm³/mol. The number of ketones is 1. The lowest BCUT2D eigenvalue weighted by molar-refractivity contribution is 0.0987. The fraction of sp³-hybridized carbons (Fsp3) is 0.375. The number of benzene rings is 1. The topological polar surface area (TPSA) is 34.9 Å². The Labute approximate surface area is 121 Å². The Hall–Kier alpha value is -2.04. The summed E-state index contributed by atoms with van der Waals surface area (Å²) < 4.78 is 28.6. The van der Waals surface area contributed by atoms with Crippen LogP contribution in [0.5, 0.6) is 0 Å². The van der Waals surface area contributed by atoms with Gasteiger partial charge in [0.2, 0.25) is 0 Å². The van der Waals surface area contributed by atoms with Crippen LogP contribution in [-0.2, 0) is 6.42 Å². The van der Waals surface area contributed by atoms with Crippen molar-refractivity contribution < 1.29 is 13.6 Å². The molecule has 0 atom stereocenters. The Bertz CT molecular complexity index is 660. The Balaban J connectivity index is 1.74. The maximum absolute atomic E-state index is 13.6. The van der Waals surface area contributed by atoms with E-state index >= 15 is 0 Å². The number of carbonyl (C=O) groups is 1. The average molecular weight is 290 g/mol. The van der Waals surface area contributed by atoms with Crippen LogP contribution in [0.15, 0.2) is 30.5 Å². The third kappa shape index (κ3) is 3.01. The number of nitrogens with zero attached hydrogens (tertiary/aromatic N) is 2. The third-order valence-electron chi connectivity index (χ3n) is 3.93. The van der Waals surface area contributed by atoms with Gasteiger partial charge in [-0.1, -0.05) is 12.8 Å². The van der Waals surface area contributed by atoms with E-state index in [4.69, 9.17) is 0 Å². The van der Waals surface area contributed by atoms with Gasteiger partial charge >= 0.3 is 0 Å². The molecule has 21 heavy (non-hydrogen) atoms. The highest BCUT2D eigenvalue weighted by Gasteiger charge is 2.19. The Kier molecular flexibility index (Phi) is 3.82. The number of Topliss-reactive ketones (excluding diaryl/α,β-unsaturated/α-hetero) is 1. The maximum atomic E-state index is 13.6. The number of aromatic nitrogens is 2. The third-order valence-corrected chi connectivity index (χ3v) is 3.93. The van der Waals surface area contributed by atoms with Crippen LogP contribution in [0.2, 0.25) is 0 Å². The van der Waals surface area contributed by atoms with E-state index in [-0.39, 0.29) is 12.0 Å². The number of hydrogen-bond acceptors (Lipinski definition) is 2. The summed E-state index contributed by atoms with van der Waals surface area (Å²) in [6.45, 7) is 0.